The van der Waals surface area contributed by atoms with Crippen LogP contribution in [0.5, 0.6) is 0 Å². The standard InChI is InChI=1S/C14H20F3N3O.2ClH/c1-9(8-18-2)13(21)19-11-7-10(14(15,16)17)5-6-12(11)20(3)4;;/h5-7,9,18H,8H2,1-4H3,(H,19,21);2*1H. The van der Waals surface area contributed by atoms with Crippen LogP contribution in [-0.4, -0.2) is 33.6 Å². The lowest BCUT2D eigenvalue weighted by Gasteiger charge is -2.21. The predicted molar refractivity (Wildman–Crippen MR) is 92.0 cm³/mol. The predicted octanol–water partition coefficient (Wildman–Crippen LogP) is 3.41. The molecule has 0 aliphatic rings. The number of alkyl halides is 3. The molecule has 0 aliphatic heterocycles. The summed E-state index contributed by atoms with van der Waals surface area (Å²) in [5.74, 6) is -0.675. The molecule has 1 unspecified atom stereocenters. The highest BCUT2D eigenvalue weighted by molar-refractivity contribution is 5.96. The summed E-state index contributed by atoms with van der Waals surface area (Å²) in [6.45, 7) is 2.15. The lowest BCUT2D eigenvalue weighted by Crippen LogP contribution is -2.29. The molecule has 0 heterocycles. The molecule has 0 aliphatic carbocycles. The fourth-order valence-electron chi connectivity index (χ4n) is 1.86. The van der Waals surface area contributed by atoms with E-state index in [2.05, 4.69) is 10.6 Å². The van der Waals surface area contributed by atoms with Crippen LogP contribution in [0.4, 0.5) is 24.5 Å². The van der Waals surface area contributed by atoms with Gasteiger partial charge < -0.3 is 15.5 Å². The first kappa shape index (κ1) is 24.1. The Hall–Kier alpha value is -1.18. The molecule has 23 heavy (non-hydrogen) atoms. The Morgan fingerprint density at radius 3 is 2.26 bits per heavy atom. The number of rotatable bonds is 5. The normalized spacial score (nSPS) is 11.8. The largest absolute Gasteiger partial charge is 0.416 e. The highest BCUT2D eigenvalue weighted by Gasteiger charge is 2.31. The first-order valence-corrected chi connectivity index (χ1v) is 6.50. The Morgan fingerprint density at radius 1 is 1.26 bits per heavy atom. The molecule has 134 valence electrons. The van der Waals surface area contributed by atoms with Gasteiger partial charge in [-0.05, 0) is 25.2 Å². The molecule has 2 N–H and O–H groups in total. The van der Waals surface area contributed by atoms with Crippen molar-refractivity contribution in [3.05, 3.63) is 23.8 Å². The third-order valence-corrected chi connectivity index (χ3v) is 3.02. The number of nitrogens with one attached hydrogen (secondary N) is 2. The summed E-state index contributed by atoms with van der Waals surface area (Å²) in [7, 11) is 5.11. The number of carbonyl (C=O) groups excluding carboxylic acids is 1. The lowest BCUT2D eigenvalue weighted by molar-refractivity contribution is -0.137. The monoisotopic (exact) mass is 375 g/mol. The van der Waals surface area contributed by atoms with E-state index in [4.69, 9.17) is 0 Å². The topological polar surface area (TPSA) is 44.4 Å². The van der Waals surface area contributed by atoms with E-state index in [1.54, 1.807) is 33.0 Å². The van der Waals surface area contributed by atoms with Crippen molar-refractivity contribution in [3.8, 4) is 0 Å². The second-order valence-corrected chi connectivity index (χ2v) is 5.07. The molecule has 0 aromatic heterocycles. The molecule has 1 aromatic rings. The number of anilines is 2. The minimum Gasteiger partial charge on any atom is -0.376 e. The van der Waals surface area contributed by atoms with Crippen LogP contribution in [0.3, 0.4) is 0 Å². The maximum Gasteiger partial charge on any atom is 0.416 e. The van der Waals surface area contributed by atoms with Crippen LogP contribution in [0.15, 0.2) is 18.2 Å². The van der Waals surface area contributed by atoms with Gasteiger partial charge in [0.1, 0.15) is 0 Å². The number of hydrogen-bond acceptors (Lipinski definition) is 3. The summed E-state index contributed by atoms with van der Waals surface area (Å²) in [6.07, 6.45) is -4.44. The molecule has 9 heteroatoms. The molecule has 0 fully saturated rings. The smallest absolute Gasteiger partial charge is 0.376 e. The number of nitrogens with zero attached hydrogens (tertiary/aromatic N) is 1. The van der Waals surface area contributed by atoms with Crippen molar-refractivity contribution in [2.75, 3.05) is 37.9 Å². The van der Waals surface area contributed by atoms with Crippen molar-refractivity contribution < 1.29 is 18.0 Å². The molecule has 0 saturated heterocycles. The van der Waals surface area contributed by atoms with Crippen molar-refractivity contribution in [3.63, 3.8) is 0 Å². The first-order valence-electron chi connectivity index (χ1n) is 6.50. The van der Waals surface area contributed by atoms with Crippen molar-refractivity contribution >= 4 is 42.1 Å². The molecule has 1 atom stereocenters. The van der Waals surface area contributed by atoms with Gasteiger partial charge in [-0.3, -0.25) is 4.79 Å². The second kappa shape index (κ2) is 9.85. The minimum atomic E-state index is -4.44. The molecule has 1 amide bonds. The van der Waals surface area contributed by atoms with E-state index in [-0.39, 0.29) is 42.3 Å². The summed E-state index contributed by atoms with van der Waals surface area (Å²) in [5, 5.41) is 5.42. The van der Waals surface area contributed by atoms with Gasteiger partial charge in [0.05, 0.1) is 16.9 Å². The van der Waals surface area contributed by atoms with Gasteiger partial charge in [-0.1, -0.05) is 6.92 Å². The van der Waals surface area contributed by atoms with Gasteiger partial charge in [0.2, 0.25) is 5.91 Å². The van der Waals surface area contributed by atoms with Gasteiger partial charge >= 0.3 is 6.18 Å². The van der Waals surface area contributed by atoms with Gasteiger partial charge in [-0.25, -0.2) is 0 Å². The van der Waals surface area contributed by atoms with Gasteiger partial charge in [0, 0.05) is 26.6 Å². The van der Waals surface area contributed by atoms with E-state index < -0.39 is 11.7 Å². The van der Waals surface area contributed by atoms with Crippen molar-refractivity contribution in [2.45, 2.75) is 13.1 Å². The zero-order valence-electron chi connectivity index (χ0n) is 13.3. The molecule has 4 nitrogen and oxygen atoms in total. The van der Waals surface area contributed by atoms with Gasteiger partial charge in [0.25, 0.3) is 0 Å². The zero-order chi connectivity index (χ0) is 16.2. The number of carbonyl (C=O) groups is 1. The van der Waals surface area contributed by atoms with E-state index in [0.717, 1.165) is 12.1 Å². The summed E-state index contributed by atoms with van der Waals surface area (Å²) in [6, 6.07) is 3.31. The summed E-state index contributed by atoms with van der Waals surface area (Å²) in [4.78, 5) is 13.6. The maximum atomic E-state index is 12.8. The summed E-state index contributed by atoms with van der Waals surface area (Å²) in [5.41, 5.74) is -0.111. The summed E-state index contributed by atoms with van der Waals surface area (Å²) < 4.78 is 38.3. The maximum absolute atomic E-state index is 12.8. The Balaban J connectivity index is 0. The van der Waals surface area contributed by atoms with Gasteiger partial charge in [0.15, 0.2) is 0 Å². The molecule has 0 spiro atoms. The van der Waals surface area contributed by atoms with E-state index in [9.17, 15) is 18.0 Å². The highest BCUT2D eigenvalue weighted by Crippen LogP contribution is 2.35. The van der Waals surface area contributed by atoms with Crippen LogP contribution < -0.4 is 15.5 Å². The molecule has 0 saturated carbocycles. The highest BCUT2D eigenvalue weighted by atomic mass is 35.5. The summed E-state index contributed by atoms with van der Waals surface area (Å²) >= 11 is 0. The van der Waals surface area contributed by atoms with Crippen LogP contribution in [0.25, 0.3) is 0 Å². The molecule has 0 bridgehead atoms. The zero-order valence-corrected chi connectivity index (χ0v) is 15.0. The Kier molecular flexibility index (Phi) is 10.3. The number of amides is 1. The average molecular weight is 376 g/mol. The Bertz CT molecular complexity index is 511. The van der Waals surface area contributed by atoms with Crippen LogP contribution in [0.2, 0.25) is 0 Å². The molecule has 1 rings (SSSR count). The molecular weight excluding hydrogens is 354 g/mol. The van der Waals surface area contributed by atoms with E-state index in [0.29, 0.717) is 12.2 Å². The van der Waals surface area contributed by atoms with Crippen molar-refractivity contribution in [1.29, 1.82) is 0 Å². The number of hydrogen-bond donors (Lipinski definition) is 2. The third kappa shape index (κ3) is 6.85. The van der Waals surface area contributed by atoms with Gasteiger partial charge in [-0.2, -0.15) is 13.2 Å². The second-order valence-electron chi connectivity index (χ2n) is 5.07. The quantitative estimate of drug-likeness (QED) is 0.828. The van der Waals surface area contributed by atoms with Crippen molar-refractivity contribution in [2.24, 2.45) is 5.92 Å². The van der Waals surface area contributed by atoms with E-state index in [1.807, 2.05) is 0 Å². The SMILES string of the molecule is CNCC(C)C(=O)Nc1cc(C(F)(F)F)ccc1N(C)C.Cl.Cl. The third-order valence-electron chi connectivity index (χ3n) is 3.02. The molecule has 0 radical (unpaired) electrons. The Morgan fingerprint density at radius 2 is 1.83 bits per heavy atom. The molecular formula is C14H22Cl2F3N3O. The van der Waals surface area contributed by atoms with Crippen molar-refractivity contribution in [1.82, 2.24) is 5.32 Å². The van der Waals surface area contributed by atoms with E-state index in [1.165, 1.54) is 6.07 Å². The fraction of sp³-hybridized carbons (Fsp3) is 0.500. The first-order chi connectivity index (χ1) is 9.66. The van der Waals surface area contributed by atoms with Gasteiger partial charge in [-0.15, -0.1) is 24.8 Å². The average Bonchev–Trinajstić information content (AvgIpc) is 2.37. The lowest BCUT2D eigenvalue weighted by atomic mass is 10.1. The van der Waals surface area contributed by atoms with Crippen LogP contribution in [-0.2, 0) is 11.0 Å². The minimum absolute atomic E-state index is 0. The number of halogens is 5. The fourth-order valence-corrected chi connectivity index (χ4v) is 1.86. The van der Waals surface area contributed by atoms with E-state index >= 15 is 0 Å². The van der Waals surface area contributed by atoms with Crippen LogP contribution in [0, 0.1) is 5.92 Å². The van der Waals surface area contributed by atoms with Crippen LogP contribution >= 0.6 is 24.8 Å². The Labute approximate surface area is 146 Å². The number of benzene rings is 1. The van der Waals surface area contributed by atoms with Crippen LogP contribution in [0.1, 0.15) is 12.5 Å². The molecule has 1 aromatic carbocycles.